The van der Waals surface area contributed by atoms with E-state index in [2.05, 4.69) is 9.97 Å². The van der Waals surface area contributed by atoms with E-state index >= 15 is 0 Å². The molecule has 8 heteroatoms. The molecular formula is C9H14F2N4O2. The molecule has 96 valence electrons. The van der Waals surface area contributed by atoms with Crippen molar-refractivity contribution in [3.05, 3.63) is 6.33 Å². The molecule has 1 aromatic heterocycles. The summed E-state index contributed by atoms with van der Waals surface area (Å²) in [5.74, 6) is 0.249. The van der Waals surface area contributed by atoms with E-state index in [-0.39, 0.29) is 30.5 Å². The summed E-state index contributed by atoms with van der Waals surface area (Å²) in [4.78, 5) is 8.75. The van der Waals surface area contributed by atoms with Gasteiger partial charge in [0, 0.05) is 6.54 Å². The summed E-state index contributed by atoms with van der Waals surface area (Å²) >= 11 is 0. The number of methoxy groups -OCH3 is 1. The first-order chi connectivity index (χ1) is 8.10. The quantitative estimate of drug-likeness (QED) is 0.744. The zero-order chi connectivity index (χ0) is 12.8. The highest BCUT2D eigenvalue weighted by atomic mass is 19.3. The summed E-state index contributed by atoms with van der Waals surface area (Å²) < 4.78 is 29.6. The summed E-state index contributed by atoms with van der Waals surface area (Å²) in [6, 6.07) is 0. The lowest BCUT2D eigenvalue weighted by molar-refractivity contribution is 0.152. The molecule has 0 aliphatic rings. The molecule has 6 nitrogen and oxygen atoms in total. The fourth-order valence-electron chi connectivity index (χ4n) is 1.36. The number of aliphatic hydroxyl groups is 1. The average Bonchev–Trinajstić information content (AvgIpc) is 2.28. The van der Waals surface area contributed by atoms with E-state index in [1.807, 2.05) is 0 Å². The maximum absolute atomic E-state index is 12.4. The molecular weight excluding hydrogens is 234 g/mol. The lowest BCUT2D eigenvalue weighted by Crippen LogP contribution is -2.33. The van der Waals surface area contributed by atoms with Gasteiger partial charge >= 0.3 is 0 Å². The summed E-state index contributed by atoms with van der Waals surface area (Å²) in [5.41, 5.74) is 5.76. The Bertz CT molecular complexity index is 365. The van der Waals surface area contributed by atoms with Crippen LogP contribution in [0.25, 0.3) is 0 Å². The molecule has 3 N–H and O–H groups in total. The van der Waals surface area contributed by atoms with Gasteiger partial charge in [0.1, 0.15) is 12.0 Å². The molecule has 0 radical (unpaired) electrons. The van der Waals surface area contributed by atoms with Crippen molar-refractivity contribution in [1.82, 2.24) is 9.97 Å². The van der Waals surface area contributed by atoms with Gasteiger partial charge in [-0.1, -0.05) is 0 Å². The molecule has 0 unspecified atom stereocenters. The summed E-state index contributed by atoms with van der Waals surface area (Å²) in [5, 5.41) is 8.83. The van der Waals surface area contributed by atoms with E-state index in [9.17, 15) is 8.78 Å². The van der Waals surface area contributed by atoms with Crippen molar-refractivity contribution >= 4 is 11.5 Å². The van der Waals surface area contributed by atoms with Crippen LogP contribution in [0.2, 0.25) is 0 Å². The zero-order valence-corrected chi connectivity index (χ0v) is 9.31. The van der Waals surface area contributed by atoms with Crippen LogP contribution in [0.15, 0.2) is 6.33 Å². The van der Waals surface area contributed by atoms with E-state index < -0.39 is 13.0 Å². The lowest BCUT2D eigenvalue weighted by atomic mass is 10.4. The largest absolute Gasteiger partial charge is 0.479 e. The first-order valence-electron chi connectivity index (χ1n) is 4.88. The smallest absolute Gasteiger partial charge is 0.255 e. The van der Waals surface area contributed by atoms with E-state index in [1.54, 1.807) is 0 Å². The van der Waals surface area contributed by atoms with Gasteiger partial charge < -0.3 is 20.5 Å². The maximum atomic E-state index is 12.4. The topological polar surface area (TPSA) is 84.5 Å². The molecule has 0 amide bonds. The molecule has 17 heavy (non-hydrogen) atoms. The second kappa shape index (κ2) is 6.14. The van der Waals surface area contributed by atoms with Gasteiger partial charge in [-0.25, -0.2) is 13.8 Å². The highest BCUT2D eigenvalue weighted by Crippen LogP contribution is 2.27. The molecule has 1 heterocycles. The number of aromatic nitrogens is 2. The van der Waals surface area contributed by atoms with Crippen LogP contribution in [0.3, 0.4) is 0 Å². The van der Waals surface area contributed by atoms with E-state index in [0.717, 1.165) is 0 Å². The van der Waals surface area contributed by atoms with Crippen LogP contribution in [0.1, 0.15) is 0 Å². The molecule has 1 rings (SSSR count). The van der Waals surface area contributed by atoms with Crippen LogP contribution in [0.5, 0.6) is 5.88 Å². The molecule has 0 atom stereocenters. The molecule has 0 bridgehead atoms. The number of hydrogen-bond donors (Lipinski definition) is 2. The lowest BCUT2D eigenvalue weighted by Gasteiger charge is -2.23. The minimum atomic E-state index is -2.55. The van der Waals surface area contributed by atoms with Crippen molar-refractivity contribution < 1.29 is 18.6 Å². The van der Waals surface area contributed by atoms with Gasteiger partial charge in [0.15, 0.2) is 5.82 Å². The van der Waals surface area contributed by atoms with E-state index in [1.165, 1.54) is 18.3 Å². The first kappa shape index (κ1) is 13.4. The van der Waals surface area contributed by atoms with Crippen molar-refractivity contribution in [3.8, 4) is 5.88 Å². The van der Waals surface area contributed by atoms with Crippen molar-refractivity contribution in [1.29, 1.82) is 0 Å². The highest BCUT2D eigenvalue weighted by Gasteiger charge is 2.18. The number of nitrogens with zero attached hydrogens (tertiary/aromatic N) is 3. The zero-order valence-electron chi connectivity index (χ0n) is 9.31. The Morgan fingerprint density at radius 2 is 2.24 bits per heavy atom. The van der Waals surface area contributed by atoms with Crippen LogP contribution < -0.4 is 15.4 Å². The van der Waals surface area contributed by atoms with Crippen LogP contribution in [-0.2, 0) is 0 Å². The van der Waals surface area contributed by atoms with Crippen molar-refractivity contribution in [3.63, 3.8) is 0 Å². The number of nitrogen functional groups attached to an aromatic ring is 1. The van der Waals surface area contributed by atoms with Crippen LogP contribution >= 0.6 is 0 Å². The molecule has 0 aromatic carbocycles. The van der Waals surface area contributed by atoms with Crippen LogP contribution in [0.4, 0.5) is 20.3 Å². The third-order valence-electron chi connectivity index (χ3n) is 2.05. The Kier molecular flexibility index (Phi) is 4.83. The standard InChI is InChI=1S/C9H14F2N4O2/c1-17-9-7(12)8(13-5-14-9)15(2-3-16)4-6(10)11/h5-6,16H,2-4,12H2,1H3. The molecule has 0 spiro atoms. The van der Waals surface area contributed by atoms with Crippen molar-refractivity contribution in [2.24, 2.45) is 0 Å². The highest BCUT2D eigenvalue weighted by molar-refractivity contribution is 5.67. The van der Waals surface area contributed by atoms with Crippen molar-refractivity contribution in [2.45, 2.75) is 6.43 Å². The number of rotatable bonds is 6. The van der Waals surface area contributed by atoms with Crippen LogP contribution in [-0.4, -0.2) is 48.3 Å². The van der Waals surface area contributed by atoms with Gasteiger partial charge in [-0.3, -0.25) is 0 Å². The van der Waals surface area contributed by atoms with Gasteiger partial charge in [0.05, 0.1) is 20.3 Å². The van der Waals surface area contributed by atoms with Crippen molar-refractivity contribution in [2.75, 3.05) is 37.4 Å². The number of ether oxygens (including phenoxy) is 1. The molecule has 0 aliphatic heterocycles. The summed E-state index contributed by atoms with van der Waals surface area (Å²) in [6.07, 6.45) is -1.39. The Morgan fingerprint density at radius 1 is 1.53 bits per heavy atom. The van der Waals surface area contributed by atoms with Gasteiger partial charge in [0.2, 0.25) is 5.88 Å². The monoisotopic (exact) mass is 248 g/mol. The molecule has 0 fully saturated rings. The maximum Gasteiger partial charge on any atom is 0.255 e. The van der Waals surface area contributed by atoms with Crippen LogP contribution in [0, 0.1) is 0 Å². The predicted molar refractivity (Wildman–Crippen MR) is 58.3 cm³/mol. The second-order valence-electron chi connectivity index (χ2n) is 3.18. The molecule has 1 aromatic rings. The number of alkyl halides is 2. The summed E-state index contributed by atoms with van der Waals surface area (Å²) in [7, 11) is 1.37. The minimum Gasteiger partial charge on any atom is -0.479 e. The Labute approximate surface area is 97.0 Å². The number of aliphatic hydroxyl groups excluding tert-OH is 1. The molecule has 0 saturated carbocycles. The first-order valence-corrected chi connectivity index (χ1v) is 4.88. The Balaban J connectivity index is 3.00. The number of anilines is 2. The average molecular weight is 248 g/mol. The second-order valence-corrected chi connectivity index (χ2v) is 3.18. The predicted octanol–water partition coefficient (Wildman–Crippen LogP) is 0.131. The SMILES string of the molecule is COc1ncnc(N(CCO)CC(F)F)c1N. The van der Waals surface area contributed by atoms with E-state index in [0.29, 0.717) is 0 Å². The fourth-order valence-corrected chi connectivity index (χ4v) is 1.36. The van der Waals surface area contributed by atoms with Gasteiger partial charge in [0.25, 0.3) is 6.43 Å². The van der Waals surface area contributed by atoms with Gasteiger partial charge in [-0.15, -0.1) is 0 Å². The Morgan fingerprint density at radius 3 is 2.76 bits per heavy atom. The number of hydrogen-bond acceptors (Lipinski definition) is 6. The Hall–Kier alpha value is -1.70. The number of nitrogens with two attached hydrogens (primary N) is 1. The third kappa shape index (κ3) is 3.38. The van der Waals surface area contributed by atoms with Gasteiger partial charge in [-0.05, 0) is 0 Å². The fraction of sp³-hybridized carbons (Fsp3) is 0.556. The molecule has 0 saturated heterocycles. The summed E-state index contributed by atoms with van der Waals surface area (Å²) in [6.45, 7) is -0.835. The van der Waals surface area contributed by atoms with E-state index in [4.69, 9.17) is 15.6 Å². The van der Waals surface area contributed by atoms with Gasteiger partial charge in [-0.2, -0.15) is 4.98 Å². The number of halogens is 2. The molecule has 0 aliphatic carbocycles. The minimum absolute atomic E-state index is 0.00864. The normalized spacial score (nSPS) is 10.6. The third-order valence-corrected chi connectivity index (χ3v) is 2.05.